The van der Waals surface area contributed by atoms with Crippen molar-refractivity contribution in [2.75, 3.05) is 11.9 Å². The zero-order chi connectivity index (χ0) is 17.4. The quantitative estimate of drug-likeness (QED) is 0.638. The molecule has 2 heterocycles. The van der Waals surface area contributed by atoms with E-state index in [1.807, 2.05) is 0 Å². The van der Waals surface area contributed by atoms with Crippen molar-refractivity contribution in [1.82, 2.24) is 10.2 Å². The predicted molar refractivity (Wildman–Crippen MR) is 79.2 cm³/mol. The molecule has 4 amide bonds. The molecule has 0 aromatic heterocycles. The maximum absolute atomic E-state index is 12.5. The Morgan fingerprint density at radius 1 is 1.21 bits per heavy atom. The maximum atomic E-state index is 12.5. The fraction of sp³-hybridized carbons (Fsp3) is 0.267. The molecule has 0 radical (unpaired) electrons. The first-order valence-electron chi connectivity index (χ1n) is 7.20. The van der Waals surface area contributed by atoms with Crippen molar-refractivity contribution in [2.24, 2.45) is 0 Å². The highest BCUT2D eigenvalue weighted by Crippen LogP contribution is 2.29. The van der Waals surface area contributed by atoms with E-state index in [0.717, 1.165) is 4.90 Å². The molecule has 9 heteroatoms. The lowest BCUT2D eigenvalue weighted by Gasteiger charge is -2.27. The van der Waals surface area contributed by atoms with E-state index < -0.39 is 35.6 Å². The average Bonchev–Trinajstić information content (AvgIpc) is 2.77. The predicted octanol–water partition coefficient (Wildman–Crippen LogP) is -0.416. The summed E-state index contributed by atoms with van der Waals surface area (Å²) < 4.78 is 0. The van der Waals surface area contributed by atoms with Crippen molar-refractivity contribution in [3.8, 4) is 0 Å². The number of benzene rings is 1. The number of aliphatic carboxylic acids is 1. The summed E-state index contributed by atoms with van der Waals surface area (Å²) in [5.74, 6) is -3.42. The molecule has 0 spiro atoms. The molecule has 0 aliphatic carbocycles. The van der Waals surface area contributed by atoms with Crippen LogP contribution in [-0.2, 0) is 14.4 Å². The molecule has 1 unspecified atom stereocenters. The first-order valence-corrected chi connectivity index (χ1v) is 7.20. The average molecular weight is 331 g/mol. The van der Waals surface area contributed by atoms with Crippen molar-refractivity contribution in [3.63, 3.8) is 0 Å². The van der Waals surface area contributed by atoms with Crippen molar-refractivity contribution < 1.29 is 29.1 Å². The highest BCUT2D eigenvalue weighted by Gasteiger charge is 2.44. The van der Waals surface area contributed by atoms with Crippen LogP contribution in [0.5, 0.6) is 0 Å². The maximum Gasteiger partial charge on any atom is 0.322 e. The number of amides is 4. The topological polar surface area (TPSA) is 133 Å². The van der Waals surface area contributed by atoms with Crippen molar-refractivity contribution in [3.05, 3.63) is 29.3 Å². The normalized spacial score (nSPS) is 20.0. The van der Waals surface area contributed by atoms with E-state index in [4.69, 9.17) is 5.11 Å². The summed E-state index contributed by atoms with van der Waals surface area (Å²) in [5, 5.41) is 13.4. The third-order valence-corrected chi connectivity index (χ3v) is 3.88. The standard InChI is InChI=1S/C15H13N3O6/c19-11-4-3-10(13(22)17-11)18-14(23)8-2-1-7(16-6-12(20)21)5-9(8)15(18)24/h1-2,5,10,16H,3-4,6H2,(H,20,21)(H,17,19,22). The second-order valence-electron chi connectivity index (χ2n) is 5.45. The van der Waals surface area contributed by atoms with Crippen LogP contribution >= 0.6 is 0 Å². The minimum absolute atomic E-state index is 0.0508. The van der Waals surface area contributed by atoms with Gasteiger partial charge in [-0.2, -0.15) is 0 Å². The van der Waals surface area contributed by atoms with Crippen LogP contribution in [0.25, 0.3) is 0 Å². The van der Waals surface area contributed by atoms with E-state index in [0.29, 0.717) is 5.69 Å². The lowest BCUT2D eigenvalue weighted by molar-refractivity contribution is -0.137. The molecule has 1 saturated heterocycles. The van der Waals surface area contributed by atoms with Gasteiger partial charge in [0.05, 0.1) is 11.1 Å². The van der Waals surface area contributed by atoms with Crippen LogP contribution in [0.2, 0.25) is 0 Å². The molecule has 124 valence electrons. The molecule has 2 aliphatic heterocycles. The van der Waals surface area contributed by atoms with Crippen LogP contribution in [0.1, 0.15) is 33.6 Å². The molecule has 24 heavy (non-hydrogen) atoms. The molecule has 3 rings (SSSR count). The third kappa shape index (κ3) is 2.60. The van der Waals surface area contributed by atoms with Crippen LogP contribution < -0.4 is 10.6 Å². The molecule has 1 atom stereocenters. The van der Waals surface area contributed by atoms with E-state index in [2.05, 4.69) is 10.6 Å². The first-order chi connectivity index (χ1) is 11.4. The number of anilines is 1. The van der Waals surface area contributed by atoms with Gasteiger partial charge in [-0.05, 0) is 24.6 Å². The highest BCUT2D eigenvalue weighted by atomic mass is 16.4. The molecule has 1 fully saturated rings. The lowest BCUT2D eigenvalue weighted by Crippen LogP contribution is -2.54. The van der Waals surface area contributed by atoms with E-state index in [1.165, 1.54) is 18.2 Å². The largest absolute Gasteiger partial charge is 0.480 e. The number of carbonyl (C=O) groups is 5. The number of carboxylic acids is 1. The molecule has 1 aromatic rings. The number of hydrogen-bond donors (Lipinski definition) is 3. The molecule has 2 aliphatic rings. The number of fused-ring (bicyclic) bond motifs is 1. The monoisotopic (exact) mass is 331 g/mol. The van der Waals surface area contributed by atoms with Crippen LogP contribution in [0, 0.1) is 0 Å². The Morgan fingerprint density at radius 2 is 1.92 bits per heavy atom. The number of rotatable bonds is 4. The first kappa shape index (κ1) is 15.7. The van der Waals surface area contributed by atoms with E-state index in [9.17, 15) is 24.0 Å². The third-order valence-electron chi connectivity index (χ3n) is 3.88. The molecular formula is C15H13N3O6. The van der Waals surface area contributed by atoms with Gasteiger partial charge in [-0.3, -0.25) is 34.2 Å². The van der Waals surface area contributed by atoms with Gasteiger partial charge in [0, 0.05) is 12.1 Å². The van der Waals surface area contributed by atoms with E-state index in [1.54, 1.807) is 0 Å². The van der Waals surface area contributed by atoms with Gasteiger partial charge in [-0.1, -0.05) is 0 Å². The number of nitrogens with one attached hydrogen (secondary N) is 2. The highest BCUT2D eigenvalue weighted by molar-refractivity contribution is 6.23. The van der Waals surface area contributed by atoms with E-state index >= 15 is 0 Å². The Bertz CT molecular complexity index is 787. The van der Waals surface area contributed by atoms with Gasteiger partial charge in [0.2, 0.25) is 11.8 Å². The summed E-state index contributed by atoms with van der Waals surface area (Å²) in [6, 6.07) is 3.25. The summed E-state index contributed by atoms with van der Waals surface area (Å²) in [6.07, 6.45) is 0.134. The second kappa shape index (κ2) is 5.76. The van der Waals surface area contributed by atoms with Gasteiger partial charge < -0.3 is 10.4 Å². The van der Waals surface area contributed by atoms with Crippen LogP contribution in [0.15, 0.2) is 18.2 Å². The molecule has 1 aromatic carbocycles. The van der Waals surface area contributed by atoms with Gasteiger partial charge in [0.15, 0.2) is 0 Å². The Labute approximate surface area is 135 Å². The summed E-state index contributed by atoms with van der Waals surface area (Å²) in [6.45, 7) is -0.336. The van der Waals surface area contributed by atoms with Gasteiger partial charge in [-0.15, -0.1) is 0 Å². The molecule has 0 saturated carbocycles. The molecule has 0 bridgehead atoms. The Hall–Kier alpha value is -3.23. The van der Waals surface area contributed by atoms with Gasteiger partial charge in [0.25, 0.3) is 11.8 Å². The minimum Gasteiger partial charge on any atom is -0.480 e. The van der Waals surface area contributed by atoms with Gasteiger partial charge in [-0.25, -0.2) is 0 Å². The fourth-order valence-electron chi connectivity index (χ4n) is 2.76. The number of imide groups is 2. The van der Waals surface area contributed by atoms with Gasteiger partial charge >= 0.3 is 5.97 Å². The second-order valence-corrected chi connectivity index (χ2v) is 5.45. The summed E-state index contributed by atoms with van der Waals surface area (Å²) >= 11 is 0. The van der Waals surface area contributed by atoms with Crippen molar-refractivity contribution >= 4 is 35.3 Å². The summed E-state index contributed by atoms with van der Waals surface area (Å²) in [7, 11) is 0. The number of nitrogens with zero attached hydrogens (tertiary/aromatic N) is 1. The fourth-order valence-corrected chi connectivity index (χ4v) is 2.76. The Morgan fingerprint density at radius 3 is 2.58 bits per heavy atom. The Kier molecular flexibility index (Phi) is 3.76. The number of piperidine rings is 1. The zero-order valence-corrected chi connectivity index (χ0v) is 12.4. The SMILES string of the molecule is O=C(O)CNc1ccc2c(c1)C(=O)N(C1CCC(=O)NC1=O)C2=O. The minimum atomic E-state index is -1.07. The molecular weight excluding hydrogens is 318 g/mol. The number of carboxylic acid groups (broad SMARTS) is 1. The molecule has 3 N–H and O–H groups in total. The van der Waals surface area contributed by atoms with Crippen molar-refractivity contribution in [2.45, 2.75) is 18.9 Å². The van der Waals surface area contributed by atoms with Crippen LogP contribution in [0.4, 0.5) is 5.69 Å². The van der Waals surface area contributed by atoms with E-state index in [-0.39, 0.29) is 30.5 Å². The zero-order valence-electron chi connectivity index (χ0n) is 12.4. The van der Waals surface area contributed by atoms with Crippen LogP contribution in [-0.4, -0.2) is 52.2 Å². The number of hydrogen-bond acceptors (Lipinski definition) is 6. The van der Waals surface area contributed by atoms with Crippen LogP contribution in [0.3, 0.4) is 0 Å². The summed E-state index contributed by atoms with van der Waals surface area (Å²) in [5.41, 5.74) is 0.619. The van der Waals surface area contributed by atoms with Crippen molar-refractivity contribution in [1.29, 1.82) is 0 Å². The lowest BCUT2D eigenvalue weighted by atomic mass is 10.0. The number of carbonyl (C=O) groups excluding carboxylic acids is 4. The van der Waals surface area contributed by atoms with Gasteiger partial charge in [0.1, 0.15) is 12.6 Å². The smallest absolute Gasteiger partial charge is 0.322 e. The summed E-state index contributed by atoms with van der Waals surface area (Å²) in [4.78, 5) is 59.5. The molecule has 9 nitrogen and oxygen atoms in total. The Balaban J connectivity index is 1.86.